The Balaban J connectivity index is 1.95. The molecule has 6 nitrogen and oxygen atoms in total. The Morgan fingerprint density at radius 2 is 2.10 bits per heavy atom. The van der Waals surface area contributed by atoms with Crippen LogP contribution in [-0.2, 0) is 0 Å². The van der Waals surface area contributed by atoms with Gasteiger partial charge in [-0.25, -0.2) is 9.37 Å². The minimum Gasteiger partial charge on any atom is -0.432 e. The second kappa shape index (κ2) is 5.36. The van der Waals surface area contributed by atoms with E-state index in [1.807, 2.05) is 0 Å². The molecule has 2 aromatic rings. The van der Waals surface area contributed by atoms with Gasteiger partial charge in [0, 0.05) is 12.0 Å². The average Bonchev–Trinajstić information content (AvgIpc) is 3.24. The van der Waals surface area contributed by atoms with Crippen molar-refractivity contribution in [2.24, 2.45) is 0 Å². The predicted octanol–water partition coefficient (Wildman–Crippen LogP) is 3.96. The molecule has 1 aromatic heterocycles. The Hall–Kier alpha value is -2.09. The van der Waals surface area contributed by atoms with E-state index in [2.05, 4.69) is 25.9 Å². The molecule has 0 saturated heterocycles. The van der Waals surface area contributed by atoms with Crippen LogP contribution < -0.4 is 4.74 Å². The van der Waals surface area contributed by atoms with E-state index in [0.29, 0.717) is 16.3 Å². The standard InChI is InChI=1S/C13H9BrFN3O3/c14-11-6-12(17-13(16-11)7-1-2-7)21-10-4-3-8(15)5-9(10)18(19)20/h3-7H,1-2H2. The zero-order valence-corrected chi connectivity index (χ0v) is 12.2. The van der Waals surface area contributed by atoms with Gasteiger partial charge in [0.25, 0.3) is 0 Å². The highest BCUT2D eigenvalue weighted by Crippen LogP contribution is 2.40. The van der Waals surface area contributed by atoms with E-state index >= 15 is 0 Å². The summed E-state index contributed by atoms with van der Waals surface area (Å²) in [5.74, 6) is 0.385. The molecule has 0 unspecified atom stereocenters. The third-order valence-corrected chi connectivity index (χ3v) is 3.37. The van der Waals surface area contributed by atoms with Gasteiger partial charge in [0.1, 0.15) is 16.2 Å². The first-order valence-corrected chi connectivity index (χ1v) is 6.98. The number of benzene rings is 1. The Morgan fingerprint density at radius 3 is 2.76 bits per heavy atom. The van der Waals surface area contributed by atoms with Crippen molar-refractivity contribution < 1.29 is 14.1 Å². The maximum Gasteiger partial charge on any atom is 0.314 e. The summed E-state index contributed by atoms with van der Waals surface area (Å²) in [6.45, 7) is 0. The van der Waals surface area contributed by atoms with Crippen molar-refractivity contribution in [2.75, 3.05) is 0 Å². The number of nitro groups is 1. The minimum absolute atomic E-state index is 0.0613. The molecule has 0 spiro atoms. The number of rotatable bonds is 4. The summed E-state index contributed by atoms with van der Waals surface area (Å²) >= 11 is 3.26. The highest BCUT2D eigenvalue weighted by molar-refractivity contribution is 9.10. The van der Waals surface area contributed by atoms with Crippen molar-refractivity contribution in [3.63, 3.8) is 0 Å². The van der Waals surface area contributed by atoms with Gasteiger partial charge in [-0.15, -0.1) is 0 Å². The molecule has 1 aromatic carbocycles. The second-order valence-corrected chi connectivity index (χ2v) is 5.45. The van der Waals surface area contributed by atoms with Crippen LogP contribution in [0.4, 0.5) is 10.1 Å². The number of ether oxygens (including phenoxy) is 1. The third kappa shape index (κ3) is 3.15. The molecule has 1 saturated carbocycles. The van der Waals surface area contributed by atoms with Crippen molar-refractivity contribution in [1.82, 2.24) is 9.97 Å². The van der Waals surface area contributed by atoms with Crippen molar-refractivity contribution in [3.8, 4) is 11.6 Å². The highest BCUT2D eigenvalue weighted by atomic mass is 79.9. The zero-order chi connectivity index (χ0) is 15.0. The maximum atomic E-state index is 13.1. The van der Waals surface area contributed by atoms with Crippen LogP contribution in [0.1, 0.15) is 24.6 Å². The van der Waals surface area contributed by atoms with Crippen LogP contribution in [0.5, 0.6) is 11.6 Å². The molecule has 0 amide bonds. The van der Waals surface area contributed by atoms with Crippen LogP contribution in [0.2, 0.25) is 0 Å². The van der Waals surface area contributed by atoms with Crippen LogP contribution in [0.15, 0.2) is 28.9 Å². The summed E-state index contributed by atoms with van der Waals surface area (Å²) in [7, 11) is 0. The number of nitrogens with zero attached hydrogens (tertiary/aromatic N) is 3. The van der Waals surface area contributed by atoms with Gasteiger partial charge >= 0.3 is 5.69 Å². The molecule has 0 radical (unpaired) electrons. The first-order chi connectivity index (χ1) is 10.0. The summed E-state index contributed by atoms with van der Waals surface area (Å²) in [4.78, 5) is 18.7. The molecule has 0 atom stereocenters. The summed E-state index contributed by atoms with van der Waals surface area (Å²) in [5.41, 5.74) is -0.447. The number of aromatic nitrogens is 2. The fraction of sp³-hybridized carbons (Fsp3) is 0.231. The van der Waals surface area contributed by atoms with Crippen LogP contribution in [0.3, 0.4) is 0 Å². The van der Waals surface area contributed by atoms with E-state index in [4.69, 9.17) is 4.74 Å². The first-order valence-electron chi connectivity index (χ1n) is 6.19. The highest BCUT2D eigenvalue weighted by Gasteiger charge is 2.28. The first kappa shape index (κ1) is 13.9. The predicted molar refractivity (Wildman–Crippen MR) is 74.8 cm³/mol. The van der Waals surface area contributed by atoms with Crippen LogP contribution in [-0.4, -0.2) is 14.9 Å². The lowest BCUT2D eigenvalue weighted by atomic mass is 10.3. The number of hydrogen-bond donors (Lipinski definition) is 0. The lowest BCUT2D eigenvalue weighted by Crippen LogP contribution is -1.99. The van der Waals surface area contributed by atoms with Crippen molar-refractivity contribution in [3.05, 3.63) is 50.6 Å². The number of halogens is 2. The van der Waals surface area contributed by atoms with Gasteiger partial charge in [0.15, 0.2) is 0 Å². The van der Waals surface area contributed by atoms with E-state index in [9.17, 15) is 14.5 Å². The SMILES string of the molecule is O=[N+]([O-])c1cc(F)ccc1Oc1cc(Br)nc(C2CC2)n1. The monoisotopic (exact) mass is 353 g/mol. The summed E-state index contributed by atoms with van der Waals surface area (Å²) in [6.07, 6.45) is 2.04. The maximum absolute atomic E-state index is 13.1. The van der Waals surface area contributed by atoms with E-state index in [-0.39, 0.29) is 11.6 Å². The summed E-state index contributed by atoms with van der Waals surface area (Å²) in [5, 5.41) is 10.9. The van der Waals surface area contributed by atoms with E-state index in [0.717, 1.165) is 25.0 Å². The van der Waals surface area contributed by atoms with Crippen LogP contribution in [0.25, 0.3) is 0 Å². The molecule has 3 rings (SSSR count). The van der Waals surface area contributed by atoms with Crippen LogP contribution >= 0.6 is 15.9 Å². The second-order valence-electron chi connectivity index (χ2n) is 4.63. The lowest BCUT2D eigenvalue weighted by molar-refractivity contribution is -0.385. The topological polar surface area (TPSA) is 78.2 Å². The van der Waals surface area contributed by atoms with Crippen molar-refractivity contribution in [2.45, 2.75) is 18.8 Å². The molecular formula is C13H9BrFN3O3. The smallest absolute Gasteiger partial charge is 0.314 e. The normalized spacial score (nSPS) is 14.0. The number of hydrogen-bond acceptors (Lipinski definition) is 5. The largest absolute Gasteiger partial charge is 0.432 e. The Morgan fingerprint density at radius 1 is 1.33 bits per heavy atom. The fourth-order valence-electron chi connectivity index (χ4n) is 1.82. The molecule has 0 N–H and O–H groups in total. The van der Waals surface area contributed by atoms with Gasteiger partial charge < -0.3 is 4.74 Å². The Labute approximate surface area is 127 Å². The Bertz CT molecular complexity index is 722. The van der Waals surface area contributed by atoms with Gasteiger partial charge in [-0.1, -0.05) is 0 Å². The van der Waals surface area contributed by atoms with Crippen molar-refractivity contribution >= 4 is 21.6 Å². The molecule has 1 heterocycles. The van der Waals surface area contributed by atoms with E-state index in [1.165, 1.54) is 12.1 Å². The molecule has 1 aliphatic rings. The Kier molecular flexibility index (Phi) is 3.54. The van der Waals surface area contributed by atoms with E-state index < -0.39 is 16.4 Å². The van der Waals surface area contributed by atoms with Gasteiger partial charge in [0.05, 0.1) is 11.0 Å². The molecule has 108 valence electrons. The van der Waals surface area contributed by atoms with E-state index in [1.54, 1.807) is 0 Å². The molecule has 21 heavy (non-hydrogen) atoms. The molecule has 8 heteroatoms. The fourth-order valence-corrected chi connectivity index (χ4v) is 2.20. The summed E-state index contributed by atoms with van der Waals surface area (Å²) < 4.78 is 19.1. The summed E-state index contributed by atoms with van der Waals surface area (Å²) in [6, 6.07) is 4.63. The van der Waals surface area contributed by atoms with Gasteiger partial charge in [-0.3, -0.25) is 10.1 Å². The lowest BCUT2D eigenvalue weighted by Gasteiger charge is -2.07. The van der Waals surface area contributed by atoms with Gasteiger partial charge in [-0.05, 0) is 40.9 Å². The zero-order valence-electron chi connectivity index (χ0n) is 10.6. The minimum atomic E-state index is -0.698. The number of nitro benzene ring substituents is 1. The van der Waals surface area contributed by atoms with Gasteiger partial charge in [0.2, 0.25) is 11.6 Å². The molecule has 0 aliphatic heterocycles. The third-order valence-electron chi connectivity index (χ3n) is 2.96. The van der Waals surface area contributed by atoms with Gasteiger partial charge in [-0.2, -0.15) is 4.98 Å². The van der Waals surface area contributed by atoms with Crippen molar-refractivity contribution in [1.29, 1.82) is 0 Å². The average molecular weight is 354 g/mol. The molecule has 1 fully saturated rings. The molecular weight excluding hydrogens is 345 g/mol. The van der Waals surface area contributed by atoms with Crippen LogP contribution in [0, 0.1) is 15.9 Å². The molecule has 1 aliphatic carbocycles. The quantitative estimate of drug-likeness (QED) is 0.472. The molecule has 0 bridgehead atoms.